The highest BCUT2D eigenvalue weighted by molar-refractivity contribution is 6.30. The van der Waals surface area contributed by atoms with Gasteiger partial charge in [-0.05, 0) is 44.0 Å². The van der Waals surface area contributed by atoms with Gasteiger partial charge in [-0.3, -0.25) is 14.5 Å². The van der Waals surface area contributed by atoms with Crippen molar-refractivity contribution in [2.75, 3.05) is 13.1 Å². The molecule has 4 amide bonds. The fraction of sp³-hybridized carbons (Fsp3) is 0.321. The topological polar surface area (TPSA) is 81.8 Å². The normalized spacial score (nSPS) is 18.6. The van der Waals surface area contributed by atoms with Gasteiger partial charge in [-0.25, -0.2) is 4.79 Å². The van der Waals surface area contributed by atoms with Gasteiger partial charge in [-0.15, -0.1) is 6.58 Å². The van der Waals surface area contributed by atoms with Crippen LogP contribution in [-0.2, 0) is 16.0 Å². The van der Waals surface area contributed by atoms with Crippen LogP contribution < -0.4 is 10.6 Å². The zero-order valence-electron chi connectivity index (χ0n) is 20.8. The van der Waals surface area contributed by atoms with E-state index < -0.39 is 17.6 Å². The van der Waals surface area contributed by atoms with Crippen molar-refractivity contribution in [3.63, 3.8) is 0 Å². The molecule has 0 saturated heterocycles. The molecule has 7 nitrogen and oxygen atoms in total. The standard InChI is InChI=1S/C28H31ClN4O3/c1-5-15-32-22-17-33(21(25(34)31-28(2,3)4)16-18-9-7-6-8-10-18)26(35)23(22)24(30-27(32)36)19-11-13-20(29)14-12-19/h5-14,21,24H,1,15-17H2,2-4H3,(H,30,36)(H,31,34). The molecule has 2 atom stereocenters. The SMILES string of the molecule is C=CCN1C(=O)NC(c2ccc(Cl)cc2)C2=C1CN(C(Cc1ccccc1)C(=O)NC(C)(C)C)C2=O. The summed E-state index contributed by atoms with van der Waals surface area (Å²) in [5, 5.41) is 6.55. The number of amides is 4. The van der Waals surface area contributed by atoms with Crippen molar-refractivity contribution >= 4 is 29.4 Å². The van der Waals surface area contributed by atoms with Crippen molar-refractivity contribution in [3.8, 4) is 0 Å². The number of carbonyl (C=O) groups excluding carboxylic acids is 3. The Morgan fingerprint density at radius 2 is 1.83 bits per heavy atom. The van der Waals surface area contributed by atoms with Crippen LogP contribution in [0.5, 0.6) is 0 Å². The smallest absolute Gasteiger partial charge is 0.322 e. The fourth-order valence-electron chi connectivity index (χ4n) is 4.63. The lowest BCUT2D eigenvalue weighted by Gasteiger charge is -2.33. The summed E-state index contributed by atoms with van der Waals surface area (Å²) in [7, 11) is 0. The molecule has 2 N–H and O–H groups in total. The minimum Gasteiger partial charge on any atom is -0.350 e. The molecule has 0 aliphatic carbocycles. The van der Waals surface area contributed by atoms with Gasteiger partial charge in [0, 0.05) is 23.5 Å². The lowest BCUT2D eigenvalue weighted by atomic mass is 9.95. The van der Waals surface area contributed by atoms with Crippen LogP contribution in [0.25, 0.3) is 0 Å². The molecule has 36 heavy (non-hydrogen) atoms. The van der Waals surface area contributed by atoms with Crippen LogP contribution >= 0.6 is 11.6 Å². The Kier molecular flexibility index (Phi) is 7.22. The number of carbonyl (C=O) groups is 3. The van der Waals surface area contributed by atoms with E-state index in [1.54, 1.807) is 35.2 Å². The van der Waals surface area contributed by atoms with Crippen molar-refractivity contribution in [1.82, 2.24) is 20.4 Å². The Hall–Kier alpha value is -3.58. The summed E-state index contributed by atoms with van der Waals surface area (Å²) in [5.41, 5.74) is 2.26. The summed E-state index contributed by atoms with van der Waals surface area (Å²) in [6.45, 7) is 9.88. The molecule has 2 heterocycles. The zero-order valence-corrected chi connectivity index (χ0v) is 21.5. The van der Waals surface area contributed by atoms with Crippen molar-refractivity contribution < 1.29 is 14.4 Å². The molecule has 2 aromatic carbocycles. The second-order valence-electron chi connectivity index (χ2n) is 10.1. The van der Waals surface area contributed by atoms with Crippen molar-refractivity contribution in [3.05, 3.63) is 94.7 Å². The highest BCUT2D eigenvalue weighted by Crippen LogP contribution is 2.37. The van der Waals surface area contributed by atoms with Crippen molar-refractivity contribution in [2.45, 2.75) is 44.8 Å². The van der Waals surface area contributed by atoms with Crippen LogP contribution in [-0.4, -0.2) is 52.3 Å². The molecule has 4 rings (SSSR count). The average Bonchev–Trinajstić information content (AvgIpc) is 3.16. The highest BCUT2D eigenvalue weighted by Gasteiger charge is 2.47. The lowest BCUT2D eigenvalue weighted by molar-refractivity contribution is -0.137. The molecule has 188 valence electrons. The first kappa shape index (κ1) is 25.5. The van der Waals surface area contributed by atoms with Gasteiger partial charge in [-0.2, -0.15) is 0 Å². The molecule has 0 bridgehead atoms. The maximum atomic E-state index is 14.0. The minimum atomic E-state index is -0.753. The predicted molar refractivity (Wildman–Crippen MR) is 140 cm³/mol. The van der Waals surface area contributed by atoms with Gasteiger partial charge >= 0.3 is 6.03 Å². The Balaban J connectivity index is 1.74. The number of nitrogens with one attached hydrogen (secondary N) is 2. The second-order valence-corrected chi connectivity index (χ2v) is 10.5. The third-order valence-corrected chi connectivity index (χ3v) is 6.47. The summed E-state index contributed by atoms with van der Waals surface area (Å²) in [6.07, 6.45) is 1.97. The van der Waals surface area contributed by atoms with E-state index in [0.717, 1.165) is 11.1 Å². The summed E-state index contributed by atoms with van der Waals surface area (Å²) in [5.74, 6) is -0.513. The highest BCUT2D eigenvalue weighted by atomic mass is 35.5. The number of hydrogen-bond acceptors (Lipinski definition) is 3. The molecule has 8 heteroatoms. The molecule has 0 aromatic heterocycles. The molecule has 0 spiro atoms. The van der Waals surface area contributed by atoms with Gasteiger partial charge in [0.05, 0.1) is 23.9 Å². The van der Waals surface area contributed by atoms with Crippen LogP contribution in [0, 0.1) is 0 Å². The number of halogens is 1. The zero-order chi connectivity index (χ0) is 26.0. The van der Waals surface area contributed by atoms with Crippen LogP contribution in [0.4, 0.5) is 4.79 Å². The quantitative estimate of drug-likeness (QED) is 0.552. The Labute approximate surface area is 216 Å². The van der Waals surface area contributed by atoms with Crippen molar-refractivity contribution in [1.29, 1.82) is 0 Å². The Morgan fingerprint density at radius 1 is 1.17 bits per heavy atom. The second kappa shape index (κ2) is 10.2. The third-order valence-electron chi connectivity index (χ3n) is 6.21. The first-order valence-corrected chi connectivity index (χ1v) is 12.3. The molecule has 0 radical (unpaired) electrons. The third kappa shape index (κ3) is 5.31. The summed E-state index contributed by atoms with van der Waals surface area (Å²) >= 11 is 6.07. The van der Waals surface area contributed by atoms with E-state index in [4.69, 9.17) is 11.6 Å². The van der Waals surface area contributed by atoms with E-state index in [1.165, 1.54) is 4.90 Å². The number of nitrogens with zero attached hydrogens (tertiary/aromatic N) is 2. The fourth-order valence-corrected chi connectivity index (χ4v) is 4.75. The number of benzene rings is 2. The van der Waals surface area contributed by atoms with E-state index in [1.807, 2.05) is 51.1 Å². The van der Waals surface area contributed by atoms with Crippen LogP contribution in [0.15, 0.2) is 78.5 Å². The first-order chi connectivity index (χ1) is 17.1. The van der Waals surface area contributed by atoms with Gasteiger partial charge < -0.3 is 15.5 Å². The van der Waals surface area contributed by atoms with Gasteiger partial charge in [-0.1, -0.05) is 60.1 Å². The van der Waals surface area contributed by atoms with Gasteiger partial charge in [0.1, 0.15) is 6.04 Å². The number of urea groups is 1. The van der Waals surface area contributed by atoms with E-state index in [2.05, 4.69) is 17.2 Å². The molecule has 0 saturated carbocycles. The Bertz CT molecular complexity index is 1200. The molecule has 0 fully saturated rings. The molecular weight excluding hydrogens is 476 g/mol. The maximum Gasteiger partial charge on any atom is 0.322 e. The molecule has 2 aliphatic rings. The molecule has 2 unspecified atom stereocenters. The van der Waals surface area contributed by atoms with E-state index >= 15 is 0 Å². The summed E-state index contributed by atoms with van der Waals surface area (Å²) in [4.78, 5) is 43.7. The Morgan fingerprint density at radius 3 is 2.44 bits per heavy atom. The van der Waals surface area contributed by atoms with Crippen LogP contribution in [0.1, 0.15) is 37.9 Å². The molecule has 2 aromatic rings. The monoisotopic (exact) mass is 506 g/mol. The van der Waals surface area contributed by atoms with Gasteiger partial charge in [0.15, 0.2) is 0 Å². The number of rotatable bonds is 7. The first-order valence-electron chi connectivity index (χ1n) is 11.9. The van der Waals surface area contributed by atoms with E-state index in [-0.39, 0.29) is 30.9 Å². The largest absolute Gasteiger partial charge is 0.350 e. The minimum absolute atomic E-state index is 0.147. The maximum absolute atomic E-state index is 14.0. The molecular formula is C28H31ClN4O3. The molecule has 2 aliphatic heterocycles. The van der Waals surface area contributed by atoms with Crippen LogP contribution in [0.2, 0.25) is 5.02 Å². The number of hydrogen-bond donors (Lipinski definition) is 2. The van der Waals surface area contributed by atoms with Gasteiger partial charge in [0.25, 0.3) is 5.91 Å². The summed E-state index contributed by atoms with van der Waals surface area (Å²) < 4.78 is 0. The average molecular weight is 507 g/mol. The van der Waals surface area contributed by atoms with Crippen molar-refractivity contribution in [2.24, 2.45) is 0 Å². The van der Waals surface area contributed by atoms with Gasteiger partial charge in [0.2, 0.25) is 5.91 Å². The lowest BCUT2D eigenvalue weighted by Crippen LogP contribution is -2.54. The predicted octanol–water partition coefficient (Wildman–Crippen LogP) is 4.21. The van der Waals surface area contributed by atoms with Crippen LogP contribution in [0.3, 0.4) is 0 Å². The summed E-state index contributed by atoms with van der Waals surface area (Å²) in [6, 6.07) is 14.9. The van der Waals surface area contributed by atoms with E-state index in [0.29, 0.717) is 22.7 Å². The van der Waals surface area contributed by atoms with E-state index in [9.17, 15) is 14.4 Å².